The van der Waals surface area contributed by atoms with Gasteiger partial charge in [0, 0.05) is 5.56 Å². The monoisotopic (exact) mass is 238 g/mol. The van der Waals surface area contributed by atoms with E-state index in [9.17, 15) is 9.59 Å². The number of benzene rings is 1. The highest BCUT2D eigenvalue weighted by Gasteiger charge is 2.05. The normalized spacial score (nSPS) is 9.06. The molecule has 0 spiro atoms. The summed E-state index contributed by atoms with van der Waals surface area (Å²) < 4.78 is 0. The molecule has 16 heavy (non-hydrogen) atoms. The van der Waals surface area contributed by atoms with Crippen molar-refractivity contribution in [2.75, 3.05) is 0 Å². The lowest BCUT2D eigenvalue weighted by Crippen LogP contribution is -1.96. The molecule has 0 aromatic heterocycles. The zero-order valence-electron chi connectivity index (χ0n) is 8.03. The predicted octanol–water partition coefficient (Wildman–Crippen LogP) is 1.86. The van der Waals surface area contributed by atoms with Gasteiger partial charge in [0.05, 0.1) is 10.6 Å². The molecule has 0 radical (unpaired) electrons. The maximum Gasteiger partial charge on any atom is 0.335 e. The Labute approximate surface area is 96.5 Å². The van der Waals surface area contributed by atoms with Crippen molar-refractivity contribution in [2.45, 2.75) is 6.42 Å². The summed E-state index contributed by atoms with van der Waals surface area (Å²) in [5.74, 6) is 2.86. The standard InChI is InChI=1S/C11H7ClO4/c12-9-6-8(11(15)16)5-4-7(9)2-1-3-10(13)14/h4-6H,3H2,(H,13,14)(H,15,16). The molecule has 1 rings (SSSR count). The number of hydrogen-bond donors (Lipinski definition) is 2. The third-order valence-corrected chi connectivity index (χ3v) is 1.99. The van der Waals surface area contributed by atoms with Crippen LogP contribution >= 0.6 is 11.6 Å². The molecule has 4 nitrogen and oxygen atoms in total. The van der Waals surface area contributed by atoms with Crippen LogP contribution in [-0.4, -0.2) is 22.2 Å². The average molecular weight is 239 g/mol. The van der Waals surface area contributed by atoms with Crippen LogP contribution in [0.2, 0.25) is 5.02 Å². The zero-order valence-corrected chi connectivity index (χ0v) is 8.78. The van der Waals surface area contributed by atoms with Crippen molar-refractivity contribution in [1.82, 2.24) is 0 Å². The first-order valence-corrected chi connectivity index (χ1v) is 4.62. The van der Waals surface area contributed by atoms with E-state index >= 15 is 0 Å². The number of halogens is 1. The fourth-order valence-corrected chi connectivity index (χ4v) is 1.19. The van der Waals surface area contributed by atoms with E-state index in [0.717, 1.165) is 0 Å². The Morgan fingerprint density at radius 1 is 1.31 bits per heavy atom. The average Bonchev–Trinajstić information content (AvgIpc) is 2.19. The fraction of sp³-hybridized carbons (Fsp3) is 0.0909. The van der Waals surface area contributed by atoms with Crippen molar-refractivity contribution in [3.05, 3.63) is 34.3 Å². The van der Waals surface area contributed by atoms with E-state index in [-0.39, 0.29) is 17.0 Å². The highest BCUT2D eigenvalue weighted by molar-refractivity contribution is 6.32. The van der Waals surface area contributed by atoms with Crippen LogP contribution in [0.5, 0.6) is 0 Å². The first-order valence-electron chi connectivity index (χ1n) is 4.24. The van der Waals surface area contributed by atoms with Crippen LogP contribution in [0.15, 0.2) is 18.2 Å². The summed E-state index contributed by atoms with van der Waals surface area (Å²) in [5, 5.41) is 17.2. The van der Waals surface area contributed by atoms with Crippen LogP contribution < -0.4 is 0 Å². The first kappa shape index (κ1) is 12.1. The van der Waals surface area contributed by atoms with Crippen molar-refractivity contribution in [3.8, 4) is 11.8 Å². The maximum atomic E-state index is 10.6. The van der Waals surface area contributed by atoms with E-state index in [1.54, 1.807) is 0 Å². The summed E-state index contributed by atoms with van der Waals surface area (Å²) in [6, 6.07) is 4.08. The molecular weight excluding hydrogens is 232 g/mol. The van der Waals surface area contributed by atoms with Crippen LogP contribution in [0.1, 0.15) is 22.3 Å². The largest absolute Gasteiger partial charge is 0.481 e. The smallest absolute Gasteiger partial charge is 0.335 e. The van der Waals surface area contributed by atoms with Crippen LogP contribution in [-0.2, 0) is 4.79 Å². The Hall–Kier alpha value is -1.99. The van der Waals surface area contributed by atoms with Crippen LogP contribution in [0.3, 0.4) is 0 Å². The highest BCUT2D eigenvalue weighted by Crippen LogP contribution is 2.16. The summed E-state index contributed by atoms with van der Waals surface area (Å²) in [4.78, 5) is 20.8. The molecule has 0 fully saturated rings. The van der Waals surface area contributed by atoms with Gasteiger partial charge in [-0.05, 0) is 18.2 Å². The lowest BCUT2D eigenvalue weighted by molar-refractivity contribution is -0.135. The van der Waals surface area contributed by atoms with Gasteiger partial charge in [-0.2, -0.15) is 0 Å². The number of carboxylic acids is 2. The van der Waals surface area contributed by atoms with Gasteiger partial charge < -0.3 is 10.2 Å². The molecule has 5 heteroatoms. The molecule has 0 saturated heterocycles. The number of hydrogen-bond acceptors (Lipinski definition) is 2. The molecule has 0 unspecified atom stereocenters. The Bertz CT molecular complexity index is 496. The molecule has 1 aromatic carbocycles. The van der Waals surface area contributed by atoms with Crippen molar-refractivity contribution in [1.29, 1.82) is 0 Å². The second kappa shape index (κ2) is 5.19. The summed E-state index contributed by atoms with van der Waals surface area (Å²) in [7, 11) is 0. The molecule has 0 aliphatic carbocycles. The van der Waals surface area contributed by atoms with Crippen molar-refractivity contribution in [2.24, 2.45) is 0 Å². The lowest BCUT2D eigenvalue weighted by atomic mass is 10.1. The van der Waals surface area contributed by atoms with E-state index in [0.29, 0.717) is 5.56 Å². The van der Waals surface area contributed by atoms with Crippen molar-refractivity contribution in [3.63, 3.8) is 0 Å². The number of rotatable bonds is 2. The number of aromatic carboxylic acids is 1. The van der Waals surface area contributed by atoms with Gasteiger partial charge in [0.1, 0.15) is 6.42 Å². The third-order valence-electron chi connectivity index (χ3n) is 1.68. The van der Waals surface area contributed by atoms with E-state index < -0.39 is 11.9 Å². The van der Waals surface area contributed by atoms with E-state index in [2.05, 4.69) is 11.8 Å². The molecule has 0 bridgehead atoms. The fourth-order valence-electron chi connectivity index (χ4n) is 0.965. The topological polar surface area (TPSA) is 74.6 Å². The maximum absolute atomic E-state index is 10.6. The Kier molecular flexibility index (Phi) is 3.92. The van der Waals surface area contributed by atoms with E-state index in [1.165, 1.54) is 18.2 Å². The summed E-state index contributed by atoms with van der Waals surface area (Å²) in [6.07, 6.45) is -0.281. The van der Waals surface area contributed by atoms with Gasteiger partial charge >= 0.3 is 11.9 Å². The van der Waals surface area contributed by atoms with Crippen molar-refractivity contribution >= 4 is 23.5 Å². The predicted molar refractivity (Wildman–Crippen MR) is 57.5 cm³/mol. The minimum absolute atomic E-state index is 0.0637. The van der Waals surface area contributed by atoms with Gasteiger partial charge in [0.15, 0.2) is 0 Å². The summed E-state index contributed by atoms with van der Waals surface area (Å²) >= 11 is 5.78. The molecule has 1 aromatic rings. The molecule has 2 N–H and O–H groups in total. The molecule has 0 aliphatic rings. The number of carboxylic acid groups (broad SMARTS) is 2. The molecule has 0 atom stereocenters. The highest BCUT2D eigenvalue weighted by atomic mass is 35.5. The molecule has 0 heterocycles. The molecular formula is C11H7ClO4. The number of carbonyl (C=O) groups is 2. The third kappa shape index (κ3) is 3.30. The van der Waals surface area contributed by atoms with Gasteiger partial charge in [-0.1, -0.05) is 23.4 Å². The Morgan fingerprint density at radius 2 is 2.00 bits per heavy atom. The van der Waals surface area contributed by atoms with Gasteiger partial charge in [-0.3, -0.25) is 4.79 Å². The second-order valence-corrected chi connectivity index (χ2v) is 3.28. The number of aliphatic carboxylic acids is 1. The summed E-state index contributed by atoms with van der Waals surface area (Å²) in [5.41, 5.74) is 0.474. The summed E-state index contributed by atoms with van der Waals surface area (Å²) in [6.45, 7) is 0. The zero-order chi connectivity index (χ0) is 12.1. The Morgan fingerprint density at radius 3 is 2.50 bits per heavy atom. The first-order chi connectivity index (χ1) is 7.50. The van der Waals surface area contributed by atoms with Gasteiger partial charge in [0.2, 0.25) is 0 Å². The lowest BCUT2D eigenvalue weighted by Gasteiger charge is -1.97. The quantitative estimate of drug-likeness (QED) is 0.772. The van der Waals surface area contributed by atoms with E-state index in [4.69, 9.17) is 21.8 Å². The molecule has 82 valence electrons. The van der Waals surface area contributed by atoms with Crippen molar-refractivity contribution < 1.29 is 19.8 Å². The van der Waals surface area contributed by atoms with Crippen LogP contribution in [0, 0.1) is 11.8 Å². The van der Waals surface area contributed by atoms with E-state index in [1.807, 2.05) is 0 Å². The van der Waals surface area contributed by atoms with Gasteiger partial charge in [0.25, 0.3) is 0 Å². The van der Waals surface area contributed by atoms with Gasteiger partial charge in [-0.25, -0.2) is 4.79 Å². The SMILES string of the molecule is O=C(O)CC#Cc1ccc(C(=O)O)cc1Cl. The van der Waals surface area contributed by atoms with Crippen LogP contribution in [0.4, 0.5) is 0 Å². The minimum Gasteiger partial charge on any atom is -0.481 e. The second-order valence-electron chi connectivity index (χ2n) is 2.87. The Balaban J connectivity index is 2.94. The molecule has 0 aliphatic heterocycles. The van der Waals surface area contributed by atoms with Gasteiger partial charge in [-0.15, -0.1) is 0 Å². The van der Waals surface area contributed by atoms with Crippen LogP contribution in [0.25, 0.3) is 0 Å². The molecule has 0 saturated carbocycles. The molecule has 0 amide bonds. The minimum atomic E-state index is -1.08.